The number of isocyanates is 6. The Morgan fingerprint density at radius 2 is 0.941 bits per heavy atom. The molecule has 0 radical (unpaired) electrons. The van der Waals surface area contributed by atoms with Crippen LogP contribution in [0.25, 0.3) is 0 Å². The predicted molar refractivity (Wildman–Crippen MR) is 120 cm³/mol. The van der Waals surface area contributed by atoms with Gasteiger partial charge in [0.05, 0.1) is 31.7 Å². The molecule has 0 aliphatic carbocycles. The van der Waals surface area contributed by atoms with Crippen molar-refractivity contribution in [2.75, 3.05) is 19.6 Å². The Morgan fingerprint density at radius 1 is 0.500 bits per heavy atom. The highest BCUT2D eigenvalue weighted by molar-refractivity contribution is 5.40. The van der Waals surface area contributed by atoms with E-state index in [1.54, 1.807) is 0 Å². The van der Waals surface area contributed by atoms with Crippen LogP contribution in [0.1, 0.15) is 64.2 Å². The average molecular weight is 473 g/mol. The Kier molecular flexibility index (Phi) is 18.8. The smallest absolute Gasteiger partial charge is 0.211 e. The molecule has 182 valence electrons. The minimum atomic E-state index is -1.39. The lowest BCUT2D eigenvalue weighted by Gasteiger charge is -2.37. The van der Waals surface area contributed by atoms with Gasteiger partial charge in [0, 0.05) is 0 Å². The van der Waals surface area contributed by atoms with Crippen LogP contribution in [0.5, 0.6) is 0 Å². The van der Waals surface area contributed by atoms with Crippen molar-refractivity contribution in [3.8, 4) is 0 Å². The third-order valence-electron chi connectivity index (χ3n) is 5.36. The van der Waals surface area contributed by atoms with Crippen LogP contribution in [0.2, 0.25) is 0 Å². The molecule has 0 aromatic carbocycles. The Hall–Kier alpha value is -3.72. The van der Waals surface area contributed by atoms with Gasteiger partial charge in [-0.3, -0.25) is 0 Å². The second-order valence-electron chi connectivity index (χ2n) is 7.39. The molecule has 12 nitrogen and oxygen atoms in total. The molecule has 0 heterocycles. The van der Waals surface area contributed by atoms with E-state index in [9.17, 15) is 28.8 Å². The van der Waals surface area contributed by atoms with Gasteiger partial charge in [-0.25, -0.2) is 43.7 Å². The van der Waals surface area contributed by atoms with Crippen molar-refractivity contribution in [2.45, 2.75) is 81.8 Å². The summed E-state index contributed by atoms with van der Waals surface area (Å²) in [5, 5.41) is 0. The van der Waals surface area contributed by atoms with Crippen molar-refractivity contribution in [3.05, 3.63) is 0 Å². The minimum absolute atomic E-state index is 0.0993. The van der Waals surface area contributed by atoms with Crippen LogP contribution >= 0.6 is 0 Å². The van der Waals surface area contributed by atoms with Crippen LogP contribution in [-0.2, 0) is 28.8 Å². The molecule has 34 heavy (non-hydrogen) atoms. The first kappa shape index (κ1) is 30.3. The van der Waals surface area contributed by atoms with Gasteiger partial charge in [-0.2, -0.15) is 15.0 Å². The van der Waals surface area contributed by atoms with Crippen LogP contribution in [-0.4, -0.2) is 73.7 Å². The molecule has 0 rings (SSSR count). The maximum absolute atomic E-state index is 11.5. The number of hydrogen-bond acceptors (Lipinski definition) is 12. The quantitative estimate of drug-likeness (QED) is 0.141. The van der Waals surface area contributed by atoms with E-state index >= 15 is 0 Å². The molecule has 0 bridgehead atoms. The fraction of sp³-hybridized carbons (Fsp3) is 0.727. The number of rotatable bonds is 21. The topological polar surface area (TPSA) is 177 Å². The fourth-order valence-electron chi connectivity index (χ4n) is 3.81. The molecule has 0 aliphatic heterocycles. The highest BCUT2D eigenvalue weighted by Gasteiger charge is 2.46. The second kappa shape index (κ2) is 21.1. The predicted octanol–water partition coefficient (Wildman–Crippen LogP) is 2.38. The summed E-state index contributed by atoms with van der Waals surface area (Å²) in [6.45, 7) is 0.736. The van der Waals surface area contributed by atoms with Gasteiger partial charge in [-0.1, -0.05) is 25.7 Å². The summed E-state index contributed by atoms with van der Waals surface area (Å²) in [4.78, 5) is 87.1. The van der Waals surface area contributed by atoms with E-state index in [-0.39, 0.29) is 19.4 Å². The van der Waals surface area contributed by atoms with Crippen molar-refractivity contribution in [2.24, 2.45) is 30.0 Å². The maximum atomic E-state index is 11.5. The van der Waals surface area contributed by atoms with Gasteiger partial charge < -0.3 is 0 Å². The fourth-order valence-corrected chi connectivity index (χ4v) is 3.81. The molecule has 0 spiro atoms. The van der Waals surface area contributed by atoms with Gasteiger partial charge in [0.1, 0.15) is 5.54 Å². The molecule has 0 aromatic rings. The summed E-state index contributed by atoms with van der Waals surface area (Å²) in [5.41, 5.74) is -1.39. The van der Waals surface area contributed by atoms with E-state index in [1.165, 1.54) is 36.5 Å². The zero-order valence-corrected chi connectivity index (χ0v) is 19.0. The van der Waals surface area contributed by atoms with E-state index in [1.807, 2.05) is 0 Å². The van der Waals surface area contributed by atoms with Gasteiger partial charge in [0.15, 0.2) is 0 Å². The molecule has 0 aromatic heterocycles. The third-order valence-corrected chi connectivity index (χ3v) is 5.36. The Labute approximate surface area is 197 Å². The SMILES string of the molecule is O=C=NCCCCCC(N=C=O)C(CCCN=C=O)(N=C=O)C(CCCCCN=C=O)N=C=O. The highest BCUT2D eigenvalue weighted by Crippen LogP contribution is 2.36. The van der Waals surface area contributed by atoms with Crippen LogP contribution in [0.4, 0.5) is 0 Å². The standard InChI is InChI=1S/C22H28N6O6/c29-14-23-11-5-1-3-8-20(26-17-32)22(28-19-34,10-7-13-25-16-31)21(27-18-33)9-4-2-6-12-24-15-30/h20-21H,1-13H2. The molecule has 2 atom stereocenters. The zero-order valence-electron chi connectivity index (χ0n) is 19.0. The Bertz CT molecular complexity index is 836. The lowest BCUT2D eigenvalue weighted by Crippen LogP contribution is -2.49. The molecule has 0 fully saturated rings. The monoisotopic (exact) mass is 472 g/mol. The molecule has 0 amide bonds. The maximum Gasteiger partial charge on any atom is 0.235 e. The van der Waals surface area contributed by atoms with E-state index in [0.29, 0.717) is 64.5 Å². The number of hydrogen-bond donors (Lipinski definition) is 0. The van der Waals surface area contributed by atoms with Gasteiger partial charge in [0.25, 0.3) is 0 Å². The highest BCUT2D eigenvalue weighted by atomic mass is 16.1. The van der Waals surface area contributed by atoms with Gasteiger partial charge in [0.2, 0.25) is 36.5 Å². The van der Waals surface area contributed by atoms with Crippen molar-refractivity contribution in [1.29, 1.82) is 0 Å². The molecule has 2 unspecified atom stereocenters. The lowest BCUT2D eigenvalue weighted by atomic mass is 9.75. The van der Waals surface area contributed by atoms with E-state index in [4.69, 9.17) is 0 Å². The first-order valence-corrected chi connectivity index (χ1v) is 11.0. The summed E-state index contributed by atoms with van der Waals surface area (Å²) in [7, 11) is 0. The molecule has 12 heteroatoms. The van der Waals surface area contributed by atoms with E-state index in [2.05, 4.69) is 30.0 Å². The molecule has 0 saturated carbocycles. The van der Waals surface area contributed by atoms with Crippen LogP contribution in [0, 0.1) is 0 Å². The summed E-state index contributed by atoms with van der Waals surface area (Å²) >= 11 is 0. The third kappa shape index (κ3) is 12.4. The number of nitrogens with zero attached hydrogens (tertiary/aromatic N) is 6. The number of carbonyl (C=O) groups excluding carboxylic acids is 6. The lowest BCUT2D eigenvalue weighted by molar-refractivity contribution is 0.238. The average Bonchev–Trinajstić information content (AvgIpc) is 2.84. The van der Waals surface area contributed by atoms with Crippen LogP contribution < -0.4 is 0 Å². The first-order valence-electron chi connectivity index (χ1n) is 11.0. The summed E-state index contributed by atoms with van der Waals surface area (Å²) in [6, 6.07) is -1.69. The summed E-state index contributed by atoms with van der Waals surface area (Å²) < 4.78 is 0. The Balaban J connectivity index is 5.90. The number of unbranched alkanes of at least 4 members (excludes halogenated alkanes) is 4. The van der Waals surface area contributed by atoms with Crippen molar-refractivity contribution >= 4 is 36.5 Å². The van der Waals surface area contributed by atoms with Crippen LogP contribution in [0.3, 0.4) is 0 Å². The molecule has 0 saturated heterocycles. The summed E-state index contributed by atoms with van der Waals surface area (Å²) in [6.07, 6.45) is 13.7. The zero-order chi connectivity index (χ0) is 25.3. The van der Waals surface area contributed by atoms with Crippen molar-refractivity contribution in [1.82, 2.24) is 0 Å². The molecular formula is C22H28N6O6. The summed E-state index contributed by atoms with van der Waals surface area (Å²) in [5.74, 6) is 0. The minimum Gasteiger partial charge on any atom is -0.211 e. The van der Waals surface area contributed by atoms with Crippen molar-refractivity contribution < 1.29 is 28.8 Å². The molecular weight excluding hydrogens is 444 g/mol. The normalized spacial score (nSPS) is 13.1. The molecule has 0 N–H and O–H groups in total. The van der Waals surface area contributed by atoms with E-state index in [0.717, 1.165) is 0 Å². The Morgan fingerprint density at radius 3 is 1.32 bits per heavy atom. The van der Waals surface area contributed by atoms with E-state index < -0.39 is 17.6 Å². The number of aliphatic imine (C=N–C) groups is 6. The van der Waals surface area contributed by atoms with Gasteiger partial charge in [-0.15, -0.1) is 0 Å². The molecule has 0 aliphatic rings. The first-order chi connectivity index (χ1) is 16.7. The van der Waals surface area contributed by atoms with Gasteiger partial charge >= 0.3 is 0 Å². The van der Waals surface area contributed by atoms with Crippen molar-refractivity contribution in [3.63, 3.8) is 0 Å². The largest absolute Gasteiger partial charge is 0.235 e. The van der Waals surface area contributed by atoms with Crippen LogP contribution in [0.15, 0.2) is 30.0 Å². The van der Waals surface area contributed by atoms with Gasteiger partial charge in [-0.05, 0) is 38.5 Å². The second-order valence-corrected chi connectivity index (χ2v) is 7.39.